The summed E-state index contributed by atoms with van der Waals surface area (Å²) in [4.78, 5) is 39.3. The van der Waals surface area contributed by atoms with E-state index >= 15 is 0 Å². The zero-order valence-electron chi connectivity index (χ0n) is 16.9. The maximum atomic E-state index is 12.7. The lowest BCUT2D eigenvalue weighted by Crippen LogP contribution is -2.44. The molecule has 1 aliphatic heterocycles. The lowest BCUT2D eigenvalue weighted by Gasteiger charge is -2.32. The molecule has 2 aromatic carbocycles. The Balaban J connectivity index is 1.33. The number of ether oxygens (including phenoxy) is 1. The average molecular weight is 406 g/mol. The quantitative estimate of drug-likeness (QED) is 0.744. The molecule has 1 unspecified atom stereocenters. The summed E-state index contributed by atoms with van der Waals surface area (Å²) < 4.78 is 5.36. The fourth-order valence-electron chi connectivity index (χ4n) is 3.75. The van der Waals surface area contributed by atoms with E-state index in [9.17, 15) is 14.4 Å². The molecule has 30 heavy (non-hydrogen) atoms. The molecule has 1 aliphatic carbocycles. The number of carbonyl (C=O) groups excluding carboxylic acids is 3. The Morgan fingerprint density at radius 3 is 2.53 bits per heavy atom. The monoisotopic (exact) mass is 406 g/mol. The molecule has 0 spiro atoms. The van der Waals surface area contributed by atoms with Crippen LogP contribution < -0.4 is 5.32 Å². The zero-order chi connectivity index (χ0) is 20.9. The molecule has 2 aliphatic rings. The Morgan fingerprint density at radius 1 is 0.967 bits per heavy atom. The number of esters is 1. The second kappa shape index (κ2) is 9.11. The summed E-state index contributed by atoms with van der Waals surface area (Å²) in [6.45, 7) is 1.41. The first-order valence-corrected chi connectivity index (χ1v) is 10.5. The summed E-state index contributed by atoms with van der Waals surface area (Å²) >= 11 is 0. The Bertz CT molecular complexity index is 924. The van der Waals surface area contributed by atoms with Gasteiger partial charge in [0.25, 0.3) is 0 Å². The van der Waals surface area contributed by atoms with E-state index in [0.29, 0.717) is 17.8 Å². The van der Waals surface area contributed by atoms with Crippen molar-refractivity contribution >= 4 is 23.5 Å². The van der Waals surface area contributed by atoms with Crippen LogP contribution in [-0.2, 0) is 20.9 Å². The minimum atomic E-state index is -0.436. The number of benzene rings is 2. The fraction of sp³-hybridized carbons (Fsp3) is 0.375. The van der Waals surface area contributed by atoms with Gasteiger partial charge in [0.2, 0.25) is 11.8 Å². The molecule has 0 bridgehead atoms. The summed E-state index contributed by atoms with van der Waals surface area (Å²) in [7, 11) is 0. The molecular weight excluding hydrogens is 380 g/mol. The minimum Gasteiger partial charge on any atom is -0.457 e. The highest BCUT2D eigenvalue weighted by atomic mass is 16.5. The zero-order valence-corrected chi connectivity index (χ0v) is 16.9. The van der Waals surface area contributed by atoms with Gasteiger partial charge in [0.05, 0.1) is 11.5 Å². The Labute approximate surface area is 176 Å². The minimum absolute atomic E-state index is 0.113. The predicted octanol–water partition coefficient (Wildman–Crippen LogP) is 3.63. The van der Waals surface area contributed by atoms with Crippen molar-refractivity contribution in [3.63, 3.8) is 0 Å². The highest BCUT2D eigenvalue weighted by Crippen LogP contribution is 2.32. The third kappa shape index (κ3) is 5.06. The van der Waals surface area contributed by atoms with Crippen LogP contribution in [0.1, 0.15) is 41.6 Å². The van der Waals surface area contributed by atoms with Crippen molar-refractivity contribution in [1.29, 1.82) is 0 Å². The van der Waals surface area contributed by atoms with Gasteiger partial charge in [-0.15, -0.1) is 0 Å². The van der Waals surface area contributed by atoms with E-state index in [2.05, 4.69) is 5.32 Å². The van der Waals surface area contributed by atoms with Crippen LogP contribution in [0.15, 0.2) is 54.6 Å². The van der Waals surface area contributed by atoms with Crippen LogP contribution in [0.5, 0.6) is 0 Å². The molecule has 2 amide bonds. The van der Waals surface area contributed by atoms with Crippen molar-refractivity contribution in [2.24, 2.45) is 11.8 Å². The number of hydrogen-bond acceptors (Lipinski definition) is 4. The number of likely N-dealkylation sites (tertiary alicyclic amines) is 1. The van der Waals surface area contributed by atoms with Gasteiger partial charge in [-0.25, -0.2) is 4.79 Å². The average Bonchev–Trinajstić information content (AvgIpc) is 3.63. The maximum Gasteiger partial charge on any atom is 0.338 e. The number of rotatable bonds is 6. The van der Waals surface area contributed by atoms with Crippen molar-refractivity contribution in [3.8, 4) is 0 Å². The smallest absolute Gasteiger partial charge is 0.338 e. The highest BCUT2D eigenvalue weighted by Gasteiger charge is 2.36. The van der Waals surface area contributed by atoms with E-state index < -0.39 is 5.97 Å². The number of anilines is 1. The molecule has 0 aromatic heterocycles. The third-order valence-corrected chi connectivity index (χ3v) is 5.61. The lowest BCUT2D eigenvalue weighted by molar-refractivity contribution is -0.135. The molecule has 1 saturated carbocycles. The van der Waals surface area contributed by atoms with Crippen molar-refractivity contribution in [3.05, 3.63) is 65.7 Å². The summed E-state index contributed by atoms with van der Waals surface area (Å²) in [5, 5.41) is 2.90. The largest absolute Gasteiger partial charge is 0.457 e. The molecular formula is C24H26N2O4. The van der Waals surface area contributed by atoms with Gasteiger partial charge in [0, 0.05) is 24.7 Å². The molecule has 1 N–H and O–H groups in total. The normalized spacial score (nSPS) is 18.5. The first-order valence-electron chi connectivity index (χ1n) is 10.5. The number of carbonyl (C=O) groups is 3. The second-order valence-corrected chi connectivity index (χ2v) is 8.03. The summed E-state index contributed by atoms with van der Waals surface area (Å²) in [5.74, 6) is -0.414. The lowest BCUT2D eigenvalue weighted by atomic mass is 9.96. The number of nitrogens with one attached hydrogen (secondary N) is 1. The van der Waals surface area contributed by atoms with Crippen LogP contribution >= 0.6 is 0 Å². The fourth-order valence-corrected chi connectivity index (χ4v) is 3.75. The maximum absolute atomic E-state index is 12.7. The summed E-state index contributed by atoms with van der Waals surface area (Å²) in [6, 6.07) is 16.2. The first kappa shape index (κ1) is 20.1. The van der Waals surface area contributed by atoms with Gasteiger partial charge in [-0.05, 0) is 49.4 Å². The molecule has 2 fully saturated rings. The van der Waals surface area contributed by atoms with E-state index in [-0.39, 0.29) is 30.3 Å². The Morgan fingerprint density at radius 2 is 1.77 bits per heavy atom. The molecule has 4 rings (SSSR count). The van der Waals surface area contributed by atoms with Crippen LogP contribution in [0.4, 0.5) is 5.69 Å². The van der Waals surface area contributed by atoms with Gasteiger partial charge in [-0.3, -0.25) is 9.59 Å². The van der Waals surface area contributed by atoms with Crippen LogP contribution in [-0.4, -0.2) is 35.8 Å². The molecule has 156 valence electrons. The van der Waals surface area contributed by atoms with E-state index in [1.54, 1.807) is 24.3 Å². The SMILES string of the molecule is O=C(OCc1ccccc1)c1cccc(NC(=O)C2CCCN(C(=O)C3CC3)C2)c1. The van der Waals surface area contributed by atoms with Crippen molar-refractivity contribution in [2.75, 3.05) is 18.4 Å². The Hall–Kier alpha value is -3.15. The van der Waals surface area contributed by atoms with Crippen molar-refractivity contribution < 1.29 is 19.1 Å². The Kier molecular flexibility index (Phi) is 6.12. The predicted molar refractivity (Wildman–Crippen MR) is 113 cm³/mol. The van der Waals surface area contributed by atoms with Gasteiger partial charge in [-0.2, -0.15) is 0 Å². The highest BCUT2D eigenvalue weighted by molar-refractivity contribution is 5.96. The van der Waals surface area contributed by atoms with E-state index in [1.165, 1.54) is 0 Å². The van der Waals surface area contributed by atoms with Gasteiger partial charge in [0.15, 0.2) is 0 Å². The summed E-state index contributed by atoms with van der Waals surface area (Å²) in [5.41, 5.74) is 1.86. The van der Waals surface area contributed by atoms with Crippen molar-refractivity contribution in [2.45, 2.75) is 32.3 Å². The molecule has 2 aromatic rings. The molecule has 0 radical (unpaired) electrons. The van der Waals surface area contributed by atoms with Gasteiger partial charge >= 0.3 is 5.97 Å². The molecule has 6 heteroatoms. The molecule has 1 heterocycles. The first-order chi connectivity index (χ1) is 14.6. The number of nitrogens with zero attached hydrogens (tertiary/aromatic N) is 1. The van der Waals surface area contributed by atoms with Crippen LogP contribution in [0, 0.1) is 11.8 Å². The van der Waals surface area contributed by atoms with E-state index in [1.807, 2.05) is 35.2 Å². The van der Waals surface area contributed by atoms with Crippen LogP contribution in [0.25, 0.3) is 0 Å². The van der Waals surface area contributed by atoms with Gasteiger partial charge in [-0.1, -0.05) is 36.4 Å². The number of amides is 2. The third-order valence-electron chi connectivity index (χ3n) is 5.61. The van der Waals surface area contributed by atoms with Gasteiger partial charge in [0.1, 0.15) is 6.61 Å². The second-order valence-electron chi connectivity index (χ2n) is 8.03. The number of hydrogen-bond donors (Lipinski definition) is 1. The standard InChI is InChI=1S/C24H26N2O4/c27-22(20-9-5-13-26(15-20)23(28)18-11-12-18)25-21-10-4-8-19(14-21)24(29)30-16-17-6-2-1-3-7-17/h1-4,6-8,10,14,18,20H,5,9,11-13,15-16H2,(H,25,27). The van der Waals surface area contributed by atoms with Crippen molar-refractivity contribution in [1.82, 2.24) is 4.90 Å². The van der Waals surface area contributed by atoms with Gasteiger partial charge < -0.3 is 15.0 Å². The van der Waals surface area contributed by atoms with E-state index in [0.717, 1.165) is 37.8 Å². The van der Waals surface area contributed by atoms with Crippen LogP contribution in [0.3, 0.4) is 0 Å². The molecule has 1 atom stereocenters. The topological polar surface area (TPSA) is 75.7 Å². The molecule has 1 saturated heterocycles. The van der Waals surface area contributed by atoms with Crippen LogP contribution in [0.2, 0.25) is 0 Å². The summed E-state index contributed by atoms with van der Waals surface area (Å²) in [6.07, 6.45) is 3.54. The van der Waals surface area contributed by atoms with E-state index in [4.69, 9.17) is 4.74 Å². The molecule has 6 nitrogen and oxygen atoms in total. The number of piperidine rings is 1.